The maximum Gasteiger partial charge on any atom is 0.251 e. The molecule has 0 spiro atoms. The highest BCUT2D eigenvalue weighted by atomic mass is 32.2. The van der Waals surface area contributed by atoms with Crippen molar-refractivity contribution >= 4 is 28.6 Å². The van der Waals surface area contributed by atoms with Crippen LogP contribution in [0.2, 0.25) is 0 Å². The van der Waals surface area contributed by atoms with Gasteiger partial charge in [0.1, 0.15) is 11.3 Å². The molecule has 0 radical (unpaired) electrons. The minimum absolute atomic E-state index is 0.0825. The topological polar surface area (TPSA) is 42.2 Å². The van der Waals surface area contributed by atoms with Gasteiger partial charge in [-0.2, -0.15) is 11.8 Å². The highest BCUT2D eigenvalue weighted by Crippen LogP contribution is 2.24. The molecule has 0 saturated heterocycles. The Morgan fingerprint density at radius 3 is 2.78 bits per heavy atom. The highest BCUT2D eigenvalue weighted by Gasteiger charge is 2.15. The summed E-state index contributed by atoms with van der Waals surface area (Å²) in [7, 11) is 0. The van der Waals surface area contributed by atoms with Crippen molar-refractivity contribution in [3.63, 3.8) is 0 Å². The summed E-state index contributed by atoms with van der Waals surface area (Å²) in [6, 6.07) is 17.4. The third-order valence-corrected chi connectivity index (χ3v) is 4.34. The largest absolute Gasteiger partial charge is 0.459 e. The average Bonchev–Trinajstić information content (AvgIpc) is 2.99. The van der Waals surface area contributed by atoms with Gasteiger partial charge in [0.2, 0.25) is 0 Å². The van der Waals surface area contributed by atoms with Crippen molar-refractivity contribution in [3.05, 3.63) is 71.5 Å². The van der Waals surface area contributed by atoms with Crippen molar-refractivity contribution in [1.29, 1.82) is 0 Å². The maximum absolute atomic E-state index is 12.4. The third-order valence-electron chi connectivity index (χ3n) is 3.72. The van der Waals surface area contributed by atoms with Crippen LogP contribution in [-0.2, 0) is 5.75 Å². The van der Waals surface area contributed by atoms with Crippen LogP contribution in [0.15, 0.2) is 59.0 Å². The van der Waals surface area contributed by atoms with Gasteiger partial charge in [-0.05, 0) is 43.0 Å². The molecule has 0 saturated carbocycles. The molecule has 3 nitrogen and oxygen atoms in total. The Hall–Kier alpha value is -2.20. The van der Waals surface area contributed by atoms with Crippen LogP contribution in [0.4, 0.5) is 0 Å². The molecule has 0 aliphatic carbocycles. The number of hydrogen-bond donors (Lipinski definition) is 1. The molecular formula is C19H19NO2S. The third kappa shape index (κ3) is 3.59. The number of furan rings is 1. The average molecular weight is 325 g/mol. The van der Waals surface area contributed by atoms with E-state index in [4.69, 9.17) is 4.42 Å². The smallest absolute Gasteiger partial charge is 0.251 e. The van der Waals surface area contributed by atoms with Crippen LogP contribution < -0.4 is 5.32 Å². The Morgan fingerprint density at radius 2 is 2.00 bits per heavy atom. The molecule has 1 atom stereocenters. The van der Waals surface area contributed by atoms with Crippen LogP contribution in [0.25, 0.3) is 11.0 Å². The predicted molar refractivity (Wildman–Crippen MR) is 95.8 cm³/mol. The summed E-state index contributed by atoms with van der Waals surface area (Å²) in [5.74, 6) is 1.58. The summed E-state index contributed by atoms with van der Waals surface area (Å²) in [5.41, 5.74) is 2.67. The van der Waals surface area contributed by atoms with Gasteiger partial charge in [0.25, 0.3) is 5.91 Å². The molecule has 0 fully saturated rings. The Bertz CT molecular complexity index is 792. The first-order valence-electron chi connectivity index (χ1n) is 7.54. The molecule has 2 aromatic carbocycles. The quantitative estimate of drug-likeness (QED) is 0.733. The molecule has 0 unspecified atom stereocenters. The molecule has 3 aromatic rings. The van der Waals surface area contributed by atoms with E-state index < -0.39 is 0 Å². The van der Waals surface area contributed by atoms with Gasteiger partial charge in [-0.1, -0.05) is 30.3 Å². The Kier molecular flexibility index (Phi) is 4.72. The fraction of sp³-hybridized carbons (Fsp3) is 0.211. The van der Waals surface area contributed by atoms with Gasteiger partial charge in [-0.25, -0.2) is 0 Å². The molecule has 1 heterocycles. The van der Waals surface area contributed by atoms with Crippen molar-refractivity contribution in [2.45, 2.75) is 18.7 Å². The fourth-order valence-electron chi connectivity index (χ4n) is 2.54. The summed E-state index contributed by atoms with van der Waals surface area (Å²) in [6.45, 7) is 1.93. The molecule has 3 rings (SSSR count). The van der Waals surface area contributed by atoms with E-state index in [1.54, 1.807) is 11.8 Å². The molecule has 23 heavy (non-hydrogen) atoms. The Balaban J connectivity index is 1.75. The number of hydrogen-bond acceptors (Lipinski definition) is 3. The lowest BCUT2D eigenvalue weighted by Gasteiger charge is -2.12. The number of para-hydroxylation sites is 1. The minimum Gasteiger partial charge on any atom is -0.459 e. The number of thioether (sulfide) groups is 1. The lowest BCUT2D eigenvalue weighted by molar-refractivity contribution is 0.0935. The van der Waals surface area contributed by atoms with E-state index in [0.717, 1.165) is 28.0 Å². The normalized spacial score (nSPS) is 12.3. The first-order chi connectivity index (χ1) is 11.2. The summed E-state index contributed by atoms with van der Waals surface area (Å²) >= 11 is 1.74. The van der Waals surface area contributed by atoms with Crippen LogP contribution in [0.3, 0.4) is 0 Å². The maximum atomic E-state index is 12.4. The Morgan fingerprint density at radius 1 is 1.17 bits per heavy atom. The van der Waals surface area contributed by atoms with Crippen LogP contribution in [-0.4, -0.2) is 12.2 Å². The van der Waals surface area contributed by atoms with Gasteiger partial charge in [0.05, 0.1) is 6.04 Å². The molecular weight excluding hydrogens is 306 g/mol. The van der Waals surface area contributed by atoms with Gasteiger partial charge >= 0.3 is 0 Å². The molecule has 118 valence electrons. The second-order valence-electron chi connectivity index (χ2n) is 5.52. The molecule has 4 heteroatoms. The van der Waals surface area contributed by atoms with E-state index in [0.29, 0.717) is 5.56 Å². The van der Waals surface area contributed by atoms with Gasteiger partial charge in [0, 0.05) is 16.7 Å². The molecule has 1 aromatic heterocycles. The number of nitrogens with one attached hydrogen (secondary N) is 1. The fourth-order valence-corrected chi connectivity index (χ4v) is 3.05. The molecule has 0 aliphatic rings. The van der Waals surface area contributed by atoms with E-state index in [2.05, 4.69) is 11.6 Å². The van der Waals surface area contributed by atoms with E-state index in [1.165, 1.54) is 0 Å². The van der Waals surface area contributed by atoms with Crippen molar-refractivity contribution in [3.8, 4) is 0 Å². The highest BCUT2D eigenvalue weighted by molar-refractivity contribution is 7.97. The van der Waals surface area contributed by atoms with Crippen LogP contribution >= 0.6 is 11.8 Å². The summed E-state index contributed by atoms with van der Waals surface area (Å²) in [4.78, 5) is 12.4. The standard InChI is InChI=1S/C19H19NO2S/c1-13(18-11-15-7-3-4-9-17(15)22-18)20-19(21)16-8-5-6-14(10-16)12-23-2/h3-11,13H,12H2,1-2H3,(H,20,21)/t13-/m0/s1. The van der Waals surface area contributed by atoms with Crippen molar-refractivity contribution in [1.82, 2.24) is 5.32 Å². The van der Waals surface area contributed by atoms with Crippen LogP contribution in [0, 0.1) is 0 Å². The van der Waals surface area contributed by atoms with Gasteiger partial charge in [-0.3, -0.25) is 4.79 Å². The Labute approximate surface area is 140 Å². The predicted octanol–water partition coefficient (Wildman–Crippen LogP) is 4.79. The van der Waals surface area contributed by atoms with Gasteiger partial charge in [0.15, 0.2) is 0 Å². The number of rotatable bonds is 5. The van der Waals surface area contributed by atoms with Crippen LogP contribution in [0.1, 0.15) is 34.6 Å². The summed E-state index contributed by atoms with van der Waals surface area (Å²) in [5, 5.41) is 4.05. The zero-order chi connectivity index (χ0) is 16.2. The van der Waals surface area contributed by atoms with Gasteiger partial charge in [-0.15, -0.1) is 0 Å². The number of carbonyl (C=O) groups is 1. The number of carbonyl (C=O) groups excluding carboxylic acids is 1. The van der Waals surface area contributed by atoms with E-state index in [-0.39, 0.29) is 11.9 Å². The van der Waals surface area contributed by atoms with Crippen molar-refractivity contribution in [2.24, 2.45) is 0 Å². The second-order valence-corrected chi connectivity index (χ2v) is 6.38. The van der Waals surface area contributed by atoms with E-state index in [1.807, 2.05) is 61.5 Å². The number of amides is 1. The second kappa shape index (κ2) is 6.92. The molecule has 0 aliphatic heterocycles. The first-order valence-corrected chi connectivity index (χ1v) is 8.94. The number of fused-ring (bicyclic) bond motifs is 1. The number of benzene rings is 2. The van der Waals surface area contributed by atoms with Crippen molar-refractivity contribution in [2.75, 3.05) is 6.26 Å². The zero-order valence-electron chi connectivity index (χ0n) is 13.2. The van der Waals surface area contributed by atoms with E-state index in [9.17, 15) is 4.79 Å². The molecule has 1 N–H and O–H groups in total. The van der Waals surface area contributed by atoms with Crippen LogP contribution in [0.5, 0.6) is 0 Å². The van der Waals surface area contributed by atoms with Gasteiger partial charge < -0.3 is 9.73 Å². The van der Waals surface area contributed by atoms with Crippen molar-refractivity contribution < 1.29 is 9.21 Å². The minimum atomic E-state index is -0.181. The SMILES string of the molecule is CSCc1cccc(C(=O)N[C@@H](C)c2cc3ccccc3o2)c1. The first kappa shape index (κ1) is 15.7. The summed E-state index contributed by atoms with van der Waals surface area (Å²) in [6.07, 6.45) is 2.05. The lowest BCUT2D eigenvalue weighted by Crippen LogP contribution is -2.26. The lowest BCUT2D eigenvalue weighted by atomic mass is 10.1. The monoisotopic (exact) mass is 325 g/mol. The molecule has 1 amide bonds. The zero-order valence-corrected chi connectivity index (χ0v) is 14.0. The molecule has 0 bridgehead atoms. The summed E-state index contributed by atoms with van der Waals surface area (Å²) < 4.78 is 5.81. The van der Waals surface area contributed by atoms with E-state index >= 15 is 0 Å².